The van der Waals surface area contributed by atoms with Crippen molar-refractivity contribution in [2.24, 2.45) is 0 Å². The highest BCUT2D eigenvalue weighted by atomic mass is 16.5. The van der Waals surface area contributed by atoms with E-state index in [1.54, 1.807) is 12.3 Å². The van der Waals surface area contributed by atoms with E-state index in [1.165, 1.54) is 0 Å². The van der Waals surface area contributed by atoms with Crippen LogP contribution in [0.5, 0.6) is 0 Å². The Morgan fingerprint density at radius 3 is 2.81 bits per heavy atom. The van der Waals surface area contributed by atoms with Crippen LogP contribution in [0.2, 0.25) is 0 Å². The van der Waals surface area contributed by atoms with Gasteiger partial charge in [0.15, 0.2) is 0 Å². The summed E-state index contributed by atoms with van der Waals surface area (Å²) in [6.07, 6.45) is 1.67. The summed E-state index contributed by atoms with van der Waals surface area (Å²) in [7, 11) is 0. The Kier molecular flexibility index (Phi) is 2.80. The molecule has 0 radical (unpaired) electrons. The van der Waals surface area contributed by atoms with Gasteiger partial charge in [-0.2, -0.15) is 4.98 Å². The van der Waals surface area contributed by atoms with Crippen molar-refractivity contribution >= 4 is 6.01 Å². The number of hydrogen-bond donors (Lipinski definition) is 1. The third-order valence-electron chi connectivity index (χ3n) is 1.84. The maximum absolute atomic E-state index is 5.04. The van der Waals surface area contributed by atoms with Gasteiger partial charge in [-0.3, -0.25) is 0 Å². The van der Waals surface area contributed by atoms with E-state index in [-0.39, 0.29) is 6.04 Å². The molecule has 1 N–H and O–H groups in total. The number of nitrogens with zero attached hydrogens (tertiary/aromatic N) is 4. The molecule has 2 rings (SSSR count). The first-order valence-electron chi connectivity index (χ1n) is 5.05. The SMILES string of the molecule is Cc1nccc(-c2noc(NC(C)C)n2)n1. The fraction of sp³-hybridized carbons (Fsp3) is 0.400. The number of rotatable bonds is 3. The lowest BCUT2D eigenvalue weighted by molar-refractivity contribution is 0.429. The molecule has 2 aromatic rings. The van der Waals surface area contributed by atoms with E-state index in [0.717, 1.165) is 0 Å². The molecule has 2 aromatic heterocycles. The lowest BCUT2D eigenvalue weighted by Gasteiger charge is -2.01. The molecule has 0 aliphatic carbocycles. The highest BCUT2D eigenvalue weighted by molar-refractivity contribution is 5.49. The van der Waals surface area contributed by atoms with Crippen LogP contribution in [-0.2, 0) is 0 Å². The number of hydrogen-bond acceptors (Lipinski definition) is 6. The Hall–Kier alpha value is -1.98. The second-order valence-electron chi connectivity index (χ2n) is 3.71. The zero-order valence-corrected chi connectivity index (χ0v) is 9.43. The molecule has 6 heteroatoms. The Labute approximate surface area is 93.1 Å². The third kappa shape index (κ3) is 2.33. The first kappa shape index (κ1) is 10.5. The summed E-state index contributed by atoms with van der Waals surface area (Å²) in [6.45, 7) is 5.81. The van der Waals surface area contributed by atoms with Crippen molar-refractivity contribution in [1.82, 2.24) is 20.1 Å². The van der Waals surface area contributed by atoms with Crippen molar-refractivity contribution < 1.29 is 4.52 Å². The standard InChI is InChI=1S/C10H13N5O/c1-6(2)12-10-14-9(15-16-10)8-4-5-11-7(3)13-8/h4-6H,1-3H3,(H,12,14,15). The normalized spacial score (nSPS) is 10.8. The largest absolute Gasteiger partial charge is 0.336 e. The monoisotopic (exact) mass is 219 g/mol. The van der Waals surface area contributed by atoms with Crippen LogP contribution in [0.15, 0.2) is 16.8 Å². The average molecular weight is 219 g/mol. The van der Waals surface area contributed by atoms with Crippen molar-refractivity contribution in [3.8, 4) is 11.5 Å². The van der Waals surface area contributed by atoms with Gasteiger partial charge >= 0.3 is 6.01 Å². The molecule has 16 heavy (non-hydrogen) atoms. The first-order valence-corrected chi connectivity index (χ1v) is 5.05. The minimum atomic E-state index is 0.250. The van der Waals surface area contributed by atoms with E-state index in [0.29, 0.717) is 23.4 Å². The van der Waals surface area contributed by atoms with Gasteiger partial charge in [-0.05, 0) is 26.8 Å². The summed E-state index contributed by atoms with van der Waals surface area (Å²) in [6, 6.07) is 2.40. The maximum atomic E-state index is 5.04. The zero-order valence-electron chi connectivity index (χ0n) is 9.43. The van der Waals surface area contributed by atoms with Crippen LogP contribution in [0.1, 0.15) is 19.7 Å². The van der Waals surface area contributed by atoms with Crippen molar-refractivity contribution in [3.63, 3.8) is 0 Å². The molecule has 84 valence electrons. The van der Waals surface area contributed by atoms with Crippen LogP contribution in [0, 0.1) is 6.92 Å². The van der Waals surface area contributed by atoms with Crippen molar-refractivity contribution in [1.29, 1.82) is 0 Å². The van der Waals surface area contributed by atoms with E-state index < -0.39 is 0 Å². The van der Waals surface area contributed by atoms with Crippen molar-refractivity contribution in [3.05, 3.63) is 18.1 Å². The first-order chi connectivity index (χ1) is 7.65. The minimum Gasteiger partial charge on any atom is -0.336 e. The van der Waals surface area contributed by atoms with Crippen LogP contribution in [0.4, 0.5) is 6.01 Å². The van der Waals surface area contributed by atoms with E-state index in [1.807, 2.05) is 20.8 Å². The quantitative estimate of drug-likeness (QED) is 0.845. The van der Waals surface area contributed by atoms with E-state index >= 15 is 0 Å². The molecule has 0 fully saturated rings. The van der Waals surface area contributed by atoms with Crippen LogP contribution in [0.3, 0.4) is 0 Å². The van der Waals surface area contributed by atoms with Crippen molar-refractivity contribution in [2.45, 2.75) is 26.8 Å². The molecule has 0 saturated heterocycles. The molecule has 2 heterocycles. The molecule has 0 bridgehead atoms. The fourth-order valence-corrected chi connectivity index (χ4v) is 1.21. The Morgan fingerprint density at radius 1 is 1.31 bits per heavy atom. The zero-order chi connectivity index (χ0) is 11.5. The van der Waals surface area contributed by atoms with Gasteiger partial charge in [-0.1, -0.05) is 5.16 Å². The number of anilines is 1. The van der Waals surface area contributed by atoms with Gasteiger partial charge in [-0.15, -0.1) is 0 Å². The molecule has 0 saturated carbocycles. The van der Waals surface area contributed by atoms with Crippen LogP contribution in [-0.4, -0.2) is 26.2 Å². The van der Waals surface area contributed by atoms with Gasteiger partial charge in [0.2, 0.25) is 5.82 Å². The summed E-state index contributed by atoms with van der Waals surface area (Å²) in [5.74, 6) is 1.15. The predicted molar refractivity (Wildman–Crippen MR) is 58.8 cm³/mol. The number of nitrogens with one attached hydrogen (secondary N) is 1. The molecule has 0 aliphatic heterocycles. The Bertz CT molecular complexity index is 480. The van der Waals surface area contributed by atoms with E-state index in [2.05, 4.69) is 25.4 Å². The topological polar surface area (TPSA) is 76.7 Å². The maximum Gasteiger partial charge on any atom is 0.322 e. The third-order valence-corrected chi connectivity index (χ3v) is 1.84. The minimum absolute atomic E-state index is 0.250. The summed E-state index contributed by atoms with van der Waals surface area (Å²) >= 11 is 0. The summed E-state index contributed by atoms with van der Waals surface area (Å²) in [4.78, 5) is 12.4. The lowest BCUT2D eigenvalue weighted by Crippen LogP contribution is -2.09. The van der Waals surface area contributed by atoms with Crippen LogP contribution < -0.4 is 5.32 Å². The summed E-state index contributed by atoms with van der Waals surface area (Å²) < 4.78 is 5.04. The number of aromatic nitrogens is 4. The molecule has 0 aliphatic rings. The van der Waals surface area contributed by atoms with Crippen LogP contribution in [0.25, 0.3) is 11.5 Å². The van der Waals surface area contributed by atoms with Gasteiger partial charge in [0, 0.05) is 12.2 Å². The second kappa shape index (κ2) is 4.26. The smallest absolute Gasteiger partial charge is 0.322 e. The van der Waals surface area contributed by atoms with Gasteiger partial charge in [0.25, 0.3) is 0 Å². The Morgan fingerprint density at radius 2 is 2.12 bits per heavy atom. The molecule has 0 unspecified atom stereocenters. The molecule has 6 nitrogen and oxygen atoms in total. The molecular weight excluding hydrogens is 206 g/mol. The molecule has 0 atom stereocenters. The van der Waals surface area contributed by atoms with Gasteiger partial charge in [-0.25, -0.2) is 9.97 Å². The average Bonchev–Trinajstić information content (AvgIpc) is 2.65. The molecule has 0 aromatic carbocycles. The van der Waals surface area contributed by atoms with Gasteiger partial charge in [0.05, 0.1) is 0 Å². The van der Waals surface area contributed by atoms with Crippen molar-refractivity contribution in [2.75, 3.05) is 5.32 Å². The summed E-state index contributed by atoms with van der Waals surface area (Å²) in [5.41, 5.74) is 0.660. The van der Waals surface area contributed by atoms with Gasteiger partial charge in [0.1, 0.15) is 11.5 Å². The lowest BCUT2D eigenvalue weighted by atomic mass is 10.4. The van der Waals surface area contributed by atoms with E-state index in [4.69, 9.17) is 4.52 Å². The second-order valence-corrected chi connectivity index (χ2v) is 3.71. The molecule has 0 amide bonds. The molecule has 0 spiro atoms. The fourth-order valence-electron chi connectivity index (χ4n) is 1.21. The molecular formula is C10H13N5O. The van der Waals surface area contributed by atoms with Gasteiger partial charge < -0.3 is 9.84 Å². The highest BCUT2D eigenvalue weighted by Gasteiger charge is 2.10. The van der Waals surface area contributed by atoms with Crippen LogP contribution >= 0.6 is 0 Å². The highest BCUT2D eigenvalue weighted by Crippen LogP contribution is 2.15. The predicted octanol–water partition coefficient (Wildman–Crippen LogP) is 1.66. The van der Waals surface area contributed by atoms with E-state index in [9.17, 15) is 0 Å². The summed E-state index contributed by atoms with van der Waals surface area (Å²) in [5, 5.41) is 6.87. The number of aryl methyl sites for hydroxylation is 1. The Balaban J connectivity index is 2.24.